The van der Waals surface area contributed by atoms with Crippen LogP contribution in [-0.4, -0.2) is 41.0 Å². The summed E-state index contributed by atoms with van der Waals surface area (Å²) in [4.78, 5) is 13.3. The van der Waals surface area contributed by atoms with Gasteiger partial charge in [-0.2, -0.15) is 18.2 Å². The molecule has 5 nitrogen and oxygen atoms in total. The van der Waals surface area contributed by atoms with E-state index in [0.29, 0.717) is 24.4 Å². The lowest BCUT2D eigenvalue weighted by Gasteiger charge is -2.37. The number of aryl methyl sites for hydroxylation is 1. The zero-order valence-corrected chi connectivity index (χ0v) is 16.4. The standard InChI is InChI=1S/C20H26F3N5/c1-13-14(2)25-19(26-18(13)24)27(3)17-8-10-28(11-9-17)12-15-4-6-16(7-5-15)20(21,22)23/h4-7,17H,8-12H2,1-3H3,(H2,24,25,26). The number of piperidine rings is 1. The fourth-order valence-corrected chi connectivity index (χ4v) is 3.48. The molecule has 0 spiro atoms. The van der Waals surface area contributed by atoms with Crippen LogP contribution in [0.5, 0.6) is 0 Å². The van der Waals surface area contributed by atoms with E-state index in [1.807, 2.05) is 20.9 Å². The molecule has 2 N–H and O–H groups in total. The molecular formula is C20H26F3N5. The molecule has 0 saturated carbocycles. The largest absolute Gasteiger partial charge is 0.416 e. The van der Waals surface area contributed by atoms with Crippen LogP contribution in [0.4, 0.5) is 24.9 Å². The topological polar surface area (TPSA) is 58.3 Å². The van der Waals surface area contributed by atoms with Crippen molar-refractivity contribution in [2.45, 2.75) is 45.5 Å². The third kappa shape index (κ3) is 4.55. The van der Waals surface area contributed by atoms with Gasteiger partial charge >= 0.3 is 6.18 Å². The first-order chi connectivity index (χ1) is 13.1. The Balaban J connectivity index is 1.57. The van der Waals surface area contributed by atoms with Gasteiger partial charge in [0.1, 0.15) is 5.82 Å². The molecule has 0 bridgehead atoms. The molecule has 1 aliphatic heterocycles. The Morgan fingerprint density at radius 3 is 2.25 bits per heavy atom. The summed E-state index contributed by atoms with van der Waals surface area (Å²) in [5, 5.41) is 0. The van der Waals surface area contributed by atoms with Gasteiger partial charge in [-0.05, 0) is 44.4 Å². The van der Waals surface area contributed by atoms with E-state index in [4.69, 9.17) is 5.73 Å². The first kappa shape index (κ1) is 20.4. The number of nitrogen functional groups attached to an aromatic ring is 1. The van der Waals surface area contributed by atoms with E-state index < -0.39 is 11.7 Å². The van der Waals surface area contributed by atoms with Crippen molar-refractivity contribution >= 4 is 11.8 Å². The molecule has 0 radical (unpaired) electrons. The van der Waals surface area contributed by atoms with Crippen LogP contribution in [0.2, 0.25) is 0 Å². The number of rotatable bonds is 4. The number of hydrogen-bond donors (Lipinski definition) is 1. The molecule has 28 heavy (non-hydrogen) atoms. The molecule has 0 aliphatic carbocycles. The van der Waals surface area contributed by atoms with Gasteiger partial charge in [0.25, 0.3) is 0 Å². The Morgan fingerprint density at radius 1 is 1.11 bits per heavy atom. The van der Waals surface area contributed by atoms with Crippen LogP contribution in [0.1, 0.15) is 35.2 Å². The van der Waals surface area contributed by atoms with Crippen molar-refractivity contribution in [3.05, 3.63) is 46.6 Å². The quantitative estimate of drug-likeness (QED) is 0.856. The molecule has 1 aliphatic rings. The molecule has 0 unspecified atom stereocenters. The second-order valence-corrected chi connectivity index (χ2v) is 7.43. The van der Waals surface area contributed by atoms with Gasteiger partial charge in [0.05, 0.1) is 5.56 Å². The highest BCUT2D eigenvalue weighted by Crippen LogP contribution is 2.29. The Kier molecular flexibility index (Phi) is 5.79. The fourth-order valence-electron chi connectivity index (χ4n) is 3.48. The molecule has 0 amide bonds. The van der Waals surface area contributed by atoms with E-state index in [1.54, 1.807) is 12.1 Å². The summed E-state index contributed by atoms with van der Waals surface area (Å²) in [6.45, 7) is 6.24. The van der Waals surface area contributed by atoms with Gasteiger partial charge in [-0.3, -0.25) is 4.90 Å². The van der Waals surface area contributed by atoms with E-state index in [9.17, 15) is 13.2 Å². The van der Waals surface area contributed by atoms with Crippen LogP contribution in [-0.2, 0) is 12.7 Å². The van der Waals surface area contributed by atoms with Crippen LogP contribution in [0.15, 0.2) is 24.3 Å². The highest BCUT2D eigenvalue weighted by Gasteiger charge is 2.30. The highest BCUT2D eigenvalue weighted by molar-refractivity contribution is 5.47. The van der Waals surface area contributed by atoms with Gasteiger partial charge in [0.2, 0.25) is 5.95 Å². The van der Waals surface area contributed by atoms with Crippen LogP contribution in [0.3, 0.4) is 0 Å². The number of halogens is 3. The third-order valence-electron chi connectivity index (χ3n) is 5.52. The molecule has 3 rings (SSSR count). The minimum atomic E-state index is -4.29. The summed E-state index contributed by atoms with van der Waals surface area (Å²) in [6.07, 6.45) is -2.41. The van der Waals surface area contributed by atoms with Crippen molar-refractivity contribution < 1.29 is 13.2 Å². The lowest BCUT2D eigenvalue weighted by molar-refractivity contribution is -0.137. The summed E-state index contributed by atoms with van der Waals surface area (Å²) in [5.41, 5.74) is 8.05. The van der Waals surface area contributed by atoms with Gasteiger partial charge < -0.3 is 10.6 Å². The van der Waals surface area contributed by atoms with Gasteiger partial charge in [-0.15, -0.1) is 0 Å². The predicted octanol–water partition coefficient (Wildman–Crippen LogP) is 3.80. The van der Waals surface area contributed by atoms with E-state index >= 15 is 0 Å². The lowest BCUT2D eigenvalue weighted by atomic mass is 10.0. The molecule has 1 saturated heterocycles. The Morgan fingerprint density at radius 2 is 1.71 bits per heavy atom. The first-order valence-electron chi connectivity index (χ1n) is 9.37. The van der Waals surface area contributed by atoms with Crippen molar-refractivity contribution in [2.75, 3.05) is 30.8 Å². The number of nitrogens with zero attached hydrogens (tertiary/aromatic N) is 4. The molecule has 2 aromatic rings. The molecule has 0 atom stereocenters. The van der Waals surface area contributed by atoms with E-state index in [1.165, 1.54) is 0 Å². The van der Waals surface area contributed by atoms with Crippen molar-refractivity contribution in [1.82, 2.24) is 14.9 Å². The van der Waals surface area contributed by atoms with Crippen molar-refractivity contribution in [1.29, 1.82) is 0 Å². The van der Waals surface area contributed by atoms with Crippen molar-refractivity contribution in [2.24, 2.45) is 0 Å². The van der Waals surface area contributed by atoms with Crippen LogP contribution < -0.4 is 10.6 Å². The minimum Gasteiger partial charge on any atom is -0.383 e. The highest BCUT2D eigenvalue weighted by atomic mass is 19.4. The van der Waals surface area contributed by atoms with Crippen LogP contribution >= 0.6 is 0 Å². The molecule has 8 heteroatoms. The normalized spacial score (nSPS) is 16.4. The van der Waals surface area contributed by atoms with E-state index in [0.717, 1.165) is 54.9 Å². The van der Waals surface area contributed by atoms with Crippen molar-refractivity contribution in [3.63, 3.8) is 0 Å². The number of benzene rings is 1. The lowest BCUT2D eigenvalue weighted by Crippen LogP contribution is -2.43. The number of likely N-dealkylation sites (tertiary alicyclic amines) is 1. The van der Waals surface area contributed by atoms with Crippen LogP contribution in [0, 0.1) is 13.8 Å². The predicted molar refractivity (Wildman–Crippen MR) is 104 cm³/mol. The minimum absolute atomic E-state index is 0.311. The zero-order valence-electron chi connectivity index (χ0n) is 16.4. The Hall–Kier alpha value is -2.35. The average Bonchev–Trinajstić information content (AvgIpc) is 2.65. The summed E-state index contributed by atoms with van der Waals surface area (Å²) in [7, 11) is 1.99. The maximum atomic E-state index is 12.7. The second-order valence-electron chi connectivity index (χ2n) is 7.43. The smallest absolute Gasteiger partial charge is 0.383 e. The van der Waals surface area contributed by atoms with Crippen LogP contribution in [0.25, 0.3) is 0 Å². The molecule has 1 fully saturated rings. The summed E-state index contributed by atoms with van der Waals surface area (Å²) in [6, 6.07) is 5.74. The molecule has 2 heterocycles. The molecule has 152 valence electrons. The van der Waals surface area contributed by atoms with Gasteiger partial charge in [0.15, 0.2) is 0 Å². The van der Waals surface area contributed by atoms with Gasteiger partial charge in [0, 0.05) is 44.0 Å². The Labute approximate surface area is 163 Å². The number of hydrogen-bond acceptors (Lipinski definition) is 5. The zero-order chi connectivity index (χ0) is 20.5. The second kappa shape index (κ2) is 7.95. The fraction of sp³-hybridized carbons (Fsp3) is 0.500. The summed E-state index contributed by atoms with van der Waals surface area (Å²) >= 11 is 0. The maximum Gasteiger partial charge on any atom is 0.416 e. The maximum absolute atomic E-state index is 12.7. The molecular weight excluding hydrogens is 367 g/mol. The van der Waals surface area contributed by atoms with E-state index in [2.05, 4.69) is 19.8 Å². The van der Waals surface area contributed by atoms with Gasteiger partial charge in [-0.1, -0.05) is 12.1 Å². The first-order valence-corrected chi connectivity index (χ1v) is 9.37. The monoisotopic (exact) mass is 393 g/mol. The third-order valence-corrected chi connectivity index (χ3v) is 5.52. The number of nitrogens with two attached hydrogens (primary N) is 1. The van der Waals surface area contributed by atoms with E-state index in [-0.39, 0.29) is 0 Å². The number of aromatic nitrogens is 2. The van der Waals surface area contributed by atoms with Gasteiger partial charge in [-0.25, -0.2) is 4.98 Å². The summed E-state index contributed by atoms with van der Waals surface area (Å²) < 4.78 is 38.0. The average molecular weight is 393 g/mol. The summed E-state index contributed by atoms with van der Waals surface area (Å²) in [5.74, 6) is 1.15. The van der Waals surface area contributed by atoms with Crippen molar-refractivity contribution in [3.8, 4) is 0 Å². The SMILES string of the molecule is Cc1nc(N(C)C2CCN(Cc3ccc(C(F)(F)F)cc3)CC2)nc(N)c1C. The molecule has 1 aromatic heterocycles. The number of anilines is 2. The number of alkyl halides is 3. The Bertz CT molecular complexity index is 789. The molecule has 1 aromatic carbocycles.